The van der Waals surface area contributed by atoms with Gasteiger partial charge in [0.15, 0.2) is 0 Å². The van der Waals surface area contributed by atoms with Crippen LogP contribution in [-0.4, -0.2) is 25.3 Å². The van der Waals surface area contributed by atoms with Crippen LogP contribution in [0.25, 0.3) is 0 Å². The molecule has 0 aliphatic carbocycles. The third-order valence-corrected chi connectivity index (χ3v) is 2.76. The third-order valence-electron chi connectivity index (χ3n) is 2.76. The van der Waals surface area contributed by atoms with E-state index in [9.17, 15) is 0 Å². The minimum absolute atomic E-state index is 0.260. The van der Waals surface area contributed by atoms with Crippen molar-refractivity contribution < 1.29 is 4.74 Å². The Balaban J connectivity index is 2.99. The highest BCUT2D eigenvalue weighted by molar-refractivity contribution is 4.69. The summed E-state index contributed by atoms with van der Waals surface area (Å²) in [6.07, 6.45) is 8.96. The van der Waals surface area contributed by atoms with Gasteiger partial charge < -0.3 is 10.1 Å². The molecule has 0 saturated heterocycles. The van der Waals surface area contributed by atoms with Crippen molar-refractivity contribution in [2.75, 3.05) is 19.8 Å². The number of hydrogen-bond donors (Lipinski definition) is 1. The van der Waals surface area contributed by atoms with Crippen LogP contribution < -0.4 is 5.32 Å². The number of rotatable bonds is 11. The Morgan fingerprint density at radius 3 is 1.94 bits per heavy atom. The molecule has 17 heavy (non-hydrogen) atoms. The van der Waals surface area contributed by atoms with Crippen LogP contribution in [0, 0.1) is 0 Å². The van der Waals surface area contributed by atoms with Crippen LogP contribution in [0.2, 0.25) is 0 Å². The average molecular weight is 243 g/mol. The quantitative estimate of drug-likeness (QED) is 0.551. The van der Waals surface area contributed by atoms with E-state index in [1.807, 2.05) is 0 Å². The zero-order valence-corrected chi connectivity index (χ0v) is 12.5. The van der Waals surface area contributed by atoms with Gasteiger partial charge in [0.05, 0.1) is 0 Å². The predicted molar refractivity (Wildman–Crippen MR) is 76.6 cm³/mol. The van der Waals surface area contributed by atoms with Gasteiger partial charge in [-0.3, -0.25) is 0 Å². The van der Waals surface area contributed by atoms with Crippen molar-refractivity contribution in [3.05, 3.63) is 0 Å². The Hall–Kier alpha value is -0.0800. The SMILES string of the molecule is CCCCCCOCCCCCNC(C)(C)C. The lowest BCUT2D eigenvalue weighted by atomic mass is 10.1. The van der Waals surface area contributed by atoms with Gasteiger partial charge in [0.1, 0.15) is 0 Å². The minimum Gasteiger partial charge on any atom is -0.381 e. The van der Waals surface area contributed by atoms with Gasteiger partial charge in [0, 0.05) is 18.8 Å². The fraction of sp³-hybridized carbons (Fsp3) is 1.00. The molecule has 0 spiro atoms. The van der Waals surface area contributed by atoms with Gasteiger partial charge in [-0.2, -0.15) is 0 Å². The molecule has 0 fully saturated rings. The van der Waals surface area contributed by atoms with Gasteiger partial charge in [-0.05, 0) is 53.0 Å². The summed E-state index contributed by atoms with van der Waals surface area (Å²) in [6, 6.07) is 0. The molecule has 0 bridgehead atoms. The molecule has 0 amide bonds. The monoisotopic (exact) mass is 243 g/mol. The van der Waals surface area contributed by atoms with E-state index in [4.69, 9.17) is 4.74 Å². The highest BCUT2D eigenvalue weighted by Crippen LogP contribution is 2.02. The van der Waals surface area contributed by atoms with Crippen LogP contribution >= 0.6 is 0 Å². The van der Waals surface area contributed by atoms with Crippen LogP contribution in [0.15, 0.2) is 0 Å². The molecule has 0 unspecified atom stereocenters. The summed E-state index contributed by atoms with van der Waals surface area (Å²) in [7, 11) is 0. The summed E-state index contributed by atoms with van der Waals surface area (Å²) >= 11 is 0. The van der Waals surface area contributed by atoms with Crippen LogP contribution in [0.3, 0.4) is 0 Å². The summed E-state index contributed by atoms with van der Waals surface area (Å²) in [4.78, 5) is 0. The first-order valence-electron chi connectivity index (χ1n) is 7.39. The van der Waals surface area contributed by atoms with Crippen molar-refractivity contribution in [1.82, 2.24) is 5.32 Å². The first-order chi connectivity index (χ1) is 8.06. The fourth-order valence-corrected chi connectivity index (χ4v) is 1.70. The molecule has 0 aliphatic heterocycles. The molecule has 0 aromatic heterocycles. The predicted octanol–water partition coefficient (Wildman–Crippen LogP) is 4.14. The lowest BCUT2D eigenvalue weighted by molar-refractivity contribution is 0.126. The molecular formula is C15H33NO. The van der Waals surface area contributed by atoms with Crippen LogP contribution in [0.1, 0.15) is 72.6 Å². The van der Waals surface area contributed by atoms with Gasteiger partial charge >= 0.3 is 0 Å². The maximum absolute atomic E-state index is 5.61. The number of ether oxygens (including phenoxy) is 1. The van der Waals surface area contributed by atoms with Crippen molar-refractivity contribution in [1.29, 1.82) is 0 Å². The largest absolute Gasteiger partial charge is 0.381 e. The Bertz CT molecular complexity index is 151. The number of unbranched alkanes of at least 4 members (excludes halogenated alkanes) is 5. The topological polar surface area (TPSA) is 21.3 Å². The van der Waals surface area contributed by atoms with E-state index in [1.54, 1.807) is 0 Å². The van der Waals surface area contributed by atoms with E-state index in [2.05, 4.69) is 33.0 Å². The van der Waals surface area contributed by atoms with Crippen molar-refractivity contribution >= 4 is 0 Å². The van der Waals surface area contributed by atoms with Gasteiger partial charge in [0.2, 0.25) is 0 Å². The zero-order chi connectivity index (χ0) is 13.0. The second-order valence-corrected chi connectivity index (χ2v) is 5.91. The summed E-state index contributed by atoms with van der Waals surface area (Å²) in [5.41, 5.74) is 0.260. The number of nitrogens with one attached hydrogen (secondary N) is 1. The van der Waals surface area contributed by atoms with E-state index in [0.29, 0.717) is 0 Å². The van der Waals surface area contributed by atoms with E-state index >= 15 is 0 Å². The molecule has 0 aliphatic rings. The molecule has 0 radical (unpaired) electrons. The van der Waals surface area contributed by atoms with Crippen molar-refractivity contribution in [3.8, 4) is 0 Å². The first-order valence-corrected chi connectivity index (χ1v) is 7.39. The summed E-state index contributed by atoms with van der Waals surface area (Å²) in [5, 5.41) is 3.51. The molecule has 104 valence electrons. The summed E-state index contributed by atoms with van der Waals surface area (Å²) in [5.74, 6) is 0. The highest BCUT2D eigenvalue weighted by Gasteiger charge is 2.06. The second kappa shape index (κ2) is 11.0. The molecule has 2 nitrogen and oxygen atoms in total. The Morgan fingerprint density at radius 1 is 0.824 bits per heavy atom. The second-order valence-electron chi connectivity index (χ2n) is 5.91. The molecule has 0 atom stereocenters. The van der Waals surface area contributed by atoms with E-state index in [-0.39, 0.29) is 5.54 Å². The Morgan fingerprint density at radius 2 is 1.41 bits per heavy atom. The van der Waals surface area contributed by atoms with Crippen LogP contribution in [0.4, 0.5) is 0 Å². The van der Waals surface area contributed by atoms with Gasteiger partial charge in [0.25, 0.3) is 0 Å². The molecular weight excluding hydrogens is 210 g/mol. The van der Waals surface area contributed by atoms with E-state index in [0.717, 1.165) is 19.8 Å². The zero-order valence-electron chi connectivity index (χ0n) is 12.5. The Labute approximate surface area is 109 Å². The summed E-state index contributed by atoms with van der Waals surface area (Å²) in [6.45, 7) is 11.9. The van der Waals surface area contributed by atoms with E-state index in [1.165, 1.54) is 44.9 Å². The van der Waals surface area contributed by atoms with Gasteiger partial charge in [-0.25, -0.2) is 0 Å². The van der Waals surface area contributed by atoms with Crippen LogP contribution in [0.5, 0.6) is 0 Å². The fourth-order valence-electron chi connectivity index (χ4n) is 1.70. The van der Waals surface area contributed by atoms with Crippen molar-refractivity contribution in [3.63, 3.8) is 0 Å². The minimum atomic E-state index is 0.260. The lowest BCUT2D eigenvalue weighted by Crippen LogP contribution is -2.36. The van der Waals surface area contributed by atoms with Crippen LogP contribution in [-0.2, 0) is 4.74 Å². The average Bonchev–Trinajstić information content (AvgIpc) is 2.24. The first kappa shape index (κ1) is 16.9. The normalized spacial score (nSPS) is 12.0. The van der Waals surface area contributed by atoms with Gasteiger partial charge in [-0.1, -0.05) is 26.2 Å². The van der Waals surface area contributed by atoms with E-state index < -0.39 is 0 Å². The third kappa shape index (κ3) is 15.9. The maximum Gasteiger partial charge on any atom is 0.0466 e. The molecule has 0 saturated carbocycles. The molecule has 0 aromatic carbocycles. The maximum atomic E-state index is 5.61. The smallest absolute Gasteiger partial charge is 0.0466 e. The molecule has 0 aromatic rings. The number of hydrogen-bond acceptors (Lipinski definition) is 2. The van der Waals surface area contributed by atoms with Gasteiger partial charge in [-0.15, -0.1) is 0 Å². The molecule has 0 rings (SSSR count). The summed E-state index contributed by atoms with van der Waals surface area (Å²) < 4.78 is 5.61. The molecule has 0 heterocycles. The standard InChI is InChI=1S/C15H33NO/c1-5-6-7-10-13-17-14-11-8-9-12-16-15(2,3)4/h16H,5-14H2,1-4H3. The molecule has 1 N–H and O–H groups in total. The van der Waals surface area contributed by atoms with Crippen molar-refractivity contribution in [2.24, 2.45) is 0 Å². The lowest BCUT2D eigenvalue weighted by Gasteiger charge is -2.20. The van der Waals surface area contributed by atoms with Crippen molar-refractivity contribution in [2.45, 2.75) is 78.2 Å². The Kier molecular flexibility index (Phi) is 11.0. The highest BCUT2D eigenvalue weighted by atomic mass is 16.5. The molecule has 2 heteroatoms.